The van der Waals surface area contributed by atoms with Crippen LogP contribution in [0.5, 0.6) is 0 Å². The highest BCUT2D eigenvalue weighted by Crippen LogP contribution is 2.27. The summed E-state index contributed by atoms with van der Waals surface area (Å²) in [6, 6.07) is 7.72. The van der Waals surface area contributed by atoms with Gasteiger partial charge in [-0.25, -0.2) is 0 Å². The predicted molar refractivity (Wildman–Crippen MR) is 72.4 cm³/mol. The molecule has 0 spiro atoms. The molecule has 0 radical (unpaired) electrons. The van der Waals surface area contributed by atoms with Crippen LogP contribution in [0.15, 0.2) is 33.3 Å². The third-order valence-corrected chi connectivity index (χ3v) is 3.61. The van der Waals surface area contributed by atoms with E-state index in [1.54, 1.807) is 0 Å². The standard InChI is InChI=1S/C13H12BrN3O2/c14-10-3-1-2-8(6-10)12-16-13(19-17-12)9-4-5-15-11(18)7-9/h1-3,6,9H,4-5,7H2,(H,15,18). The van der Waals surface area contributed by atoms with Gasteiger partial charge in [-0.2, -0.15) is 4.98 Å². The van der Waals surface area contributed by atoms with Gasteiger partial charge in [0, 0.05) is 28.9 Å². The quantitative estimate of drug-likeness (QED) is 0.922. The Hall–Kier alpha value is -1.69. The molecule has 5 nitrogen and oxygen atoms in total. The van der Waals surface area contributed by atoms with Crippen molar-refractivity contribution in [2.24, 2.45) is 0 Å². The molecule has 1 amide bonds. The minimum Gasteiger partial charge on any atom is -0.356 e. The van der Waals surface area contributed by atoms with Crippen LogP contribution in [0.2, 0.25) is 0 Å². The van der Waals surface area contributed by atoms with Gasteiger partial charge in [0.2, 0.25) is 17.6 Å². The third kappa shape index (κ3) is 2.68. The number of benzene rings is 1. The number of aromatic nitrogens is 2. The predicted octanol–water partition coefficient (Wildman–Crippen LogP) is 2.49. The van der Waals surface area contributed by atoms with Crippen molar-refractivity contribution in [2.75, 3.05) is 6.54 Å². The smallest absolute Gasteiger partial charge is 0.230 e. The van der Waals surface area contributed by atoms with E-state index in [9.17, 15) is 4.79 Å². The van der Waals surface area contributed by atoms with Gasteiger partial charge in [0.25, 0.3) is 0 Å². The van der Waals surface area contributed by atoms with Crippen molar-refractivity contribution < 1.29 is 9.32 Å². The number of hydrogen-bond acceptors (Lipinski definition) is 4. The molecular formula is C13H12BrN3O2. The van der Waals surface area contributed by atoms with E-state index in [2.05, 4.69) is 31.4 Å². The summed E-state index contributed by atoms with van der Waals surface area (Å²) >= 11 is 3.41. The topological polar surface area (TPSA) is 68.0 Å². The van der Waals surface area contributed by atoms with Crippen LogP contribution >= 0.6 is 15.9 Å². The fourth-order valence-electron chi connectivity index (χ4n) is 2.14. The van der Waals surface area contributed by atoms with Gasteiger partial charge in [0.15, 0.2) is 0 Å². The first-order valence-electron chi connectivity index (χ1n) is 6.08. The third-order valence-electron chi connectivity index (χ3n) is 3.12. The van der Waals surface area contributed by atoms with E-state index >= 15 is 0 Å². The summed E-state index contributed by atoms with van der Waals surface area (Å²) in [6.45, 7) is 0.665. The molecule has 1 aromatic carbocycles. The van der Waals surface area contributed by atoms with E-state index in [1.165, 1.54) is 0 Å². The summed E-state index contributed by atoms with van der Waals surface area (Å²) in [5.74, 6) is 1.17. The van der Waals surface area contributed by atoms with Gasteiger partial charge in [-0.1, -0.05) is 33.2 Å². The van der Waals surface area contributed by atoms with Crippen LogP contribution < -0.4 is 5.32 Å². The van der Waals surface area contributed by atoms with Crippen molar-refractivity contribution in [3.05, 3.63) is 34.6 Å². The Morgan fingerprint density at radius 2 is 2.32 bits per heavy atom. The van der Waals surface area contributed by atoms with Crippen LogP contribution in [0.25, 0.3) is 11.4 Å². The van der Waals surface area contributed by atoms with Crippen molar-refractivity contribution >= 4 is 21.8 Å². The monoisotopic (exact) mass is 321 g/mol. The van der Waals surface area contributed by atoms with E-state index in [1.807, 2.05) is 24.3 Å². The van der Waals surface area contributed by atoms with Crippen molar-refractivity contribution in [1.29, 1.82) is 0 Å². The zero-order chi connectivity index (χ0) is 13.2. The molecular weight excluding hydrogens is 310 g/mol. The Morgan fingerprint density at radius 1 is 1.42 bits per heavy atom. The molecule has 1 aromatic heterocycles. The molecule has 6 heteroatoms. The maximum atomic E-state index is 11.4. The van der Waals surface area contributed by atoms with Gasteiger partial charge in [-0.05, 0) is 18.6 Å². The molecule has 2 heterocycles. The summed E-state index contributed by atoms with van der Waals surface area (Å²) in [6.07, 6.45) is 1.26. The van der Waals surface area contributed by atoms with Crippen LogP contribution in [0.4, 0.5) is 0 Å². The SMILES string of the molecule is O=C1CC(c2nc(-c3cccc(Br)c3)no2)CCN1. The van der Waals surface area contributed by atoms with Gasteiger partial charge < -0.3 is 9.84 Å². The number of rotatable bonds is 2. The Labute approximate surface area is 118 Å². The molecule has 1 N–H and O–H groups in total. The van der Waals surface area contributed by atoms with Gasteiger partial charge >= 0.3 is 0 Å². The van der Waals surface area contributed by atoms with E-state index in [-0.39, 0.29) is 11.8 Å². The minimum absolute atomic E-state index is 0.0298. The summed E-state index contributed by atoms with van der Waals surface area (Å²) in [5, 5.41) is 6.78. The van der Waals surface area contributed by atoms with Crippen molar-refractivity contribution in [3.8, 4) is 11.4 Å². The highest BCUT2D eigenvalue weighted by atomic mass is 79.9. The fourth-order valence-corrected chi connectivity index (χ4v) is 2.54. The lowest BCUT2D eigenvalue weighted by Crippen LogP contribution is -2.32. The Kier molecular flexibility index (Phi) is 3.33. The maximum Gasteiger partial charge on any atom is 0.230 e. The first-order valence-corrected chi connectivity index (χ1v) is 6.88. The van der Waals surface area contributed by atoms with Crippen LogP contribution in [-0.4, -0.2) is 22.6 Å². The van der Waals surface area contributed by atoms with Crippen molar-refractivity contribution in [2.45, 2.75) is 18.8 Å². The highest BCUT2D eigenvalue weighted by Gasteiger charge is 2.25. The summed E-state index contributed by atoms with van der Waals surface area (Å²) in [7, 11) is 0. The average Bonchev–Trinajstić information content (AvgIpc) is 2.88. The van der Waals surface area contributed by atoms with Gasteiger partial charge in [-0.3, -0.25) is 4.79 Å². The Bertz CT molecular complexity index is 611. The molecule has 0 bridgehead atoms. The van der Waals surface area contributed by atoms with Crippen LogP contribution in [0.1, 0.15) is 24.7 Å². The van der Waals surface area contributed by atoms with Crippen LogP contribution in [0, 0.1) is 0 Å². The van der Waals surface area contributed by atoms with Crippen LogP contribution in [0.3, 0.4) is 0 Å². The molecule has 98 valence electrons. The molecule has 3 rings (SSSR count). The van der Waals surface area contributed by atoms with E-state index in [0.717, 1.165) is 16.5 Å². The molecule has 19 heavy (non-hydrogen) atoms. The summed E-state index contributed by atoms with van der Waals surface area (Å²) in [4.78, 5) is 15.8. The number of carbonyl (C=O) groups is 1. The van der Waals surface area contributed by atoms with E-state index < -0.39 is 0 Å². The van der Waals surface area contributed by atoms with Gasteiger partial charge in [0.05, 0.1) is 0 Å². The first-order chi connectivity index (χ1) is 9.22. The maximum absolute atomic E-state index is 11.4. The van der Waals surface area contributed by atoms with Gasteiger partial charge in [-0.15, -0.1) is 0 Å². The minimum atomic E-state index is 0.0298. The molecule has 1 aliphatic rings. The largest absolute Gasteiger partial charge is 0.356 e. The zero-order valence-electron chi connectivity index (χ0n) is 10.1. The molecule has 2 aromatic rings. The number of piperidine rings is 1. The average molecular weight is 322 g/mol. The zero-order valence-corrected chi connectivity index (χ0v) is 11.7. The number of hydrogen-bond donors (Lipinski definition) is 1. The number of carbonyl (C=O) groups excluding carboxylic acids is 1. The Morgan fingerprint density at radius 3 is 3.11 bits per heavy atom. The lowest BCUT2D eigenvalue weighted by Gasteiger charge is -2.18. The molecule has 1 aliphatic heterocycles. The number of nitrogens with zero attached hydrogens (tertiary/aromatic N) is 2. The fraction of sp³-hybridized carbons (Fsp3) is 0.308. The second-order valence-electron chi connectivity index (χ2n) is 4.51. The lowest BCUT2D eigenvalue weighted by atomic mass is 9.98. The molecule has 1 atom stereocenters. The van der Waals surface area contributed by atoms with Crippen LogP contribution in [-0.2, 0) is 4.79 Å². The summed E-state index contributed by atoms with van der Waals surface area (Å²) in [5.41, 5.74) is 0.893. The highest BCUT2D eigenvalue weighted by molar-refractivity contribution is 9.10. The second kappa shape index (κ2) is 5.13. The summed E-state index contributed by atoms with van der Waals surface area (Å²) < 4.78 is 6.26. The normalized spacial score (nSPS) is 19.2. The molecule has 0 saturated carbocycles. The molecule has 1 saturated heterocycles. The number of amides is 1. The van der Waals surface area contributed by atoms with E-state index in [4.69, 9.17) is 4.52 Å². The van der Waals surface area contributed by atoms with Crippen molar-refractivity contribution in [1.82, 2.24) is 15.5 Å². The first kappa shape index (κ1) is 12.3. The molecule has 0 aliphatic carbocycles. The Balaban J connectivity index is 1.85. The van der Waals surface area contributed by atoms with Gasteiger partial charge in [0.1, 0.15) is 0 Å². The molecule has 1 fully saturated rings. The number of nitrogens with one attached hydrogen (secondary N) is 1. The van der Waals surface area contributed by atoms with Crippen molar-refractivity contribution in [3.63, 3.8) is 0 Å². The second-order valence-corrected chi connectivity index (χ2v) is 5.42. The lowest BCUT2D eigenvalue weighted by molar-refractivity contribution is -0.122. The van der Waals surface area contributed by atoms with E-state index in [0.29, 0.717) is 24.7 Å². The molecule has 1 unspecified atom stereocenters. The number of halogens is 1.